The van der Waals surface area contributed by atoms with Crippen LogP contribution in [0.2, 0.25) is 10.0 Å². The maximum absolute atomic E-state index is 13.3. The lowest BCUT2D eigenvalue weighted by Gasteiger charge is -2.40. The van der Waals surface area contributed by atoms with Crippen LogP contribution >= 0.6 is 33.4 Å². The number of rotatable bonds is 7. The van der Waals surface area contributed by atoms with Crippen LogP contribution in [0.25, 0.3) is 5.69 Å². The number of nitrogens with zero attached hydrogens (tertiary/aromatic N) is 3. The zero-order valence-corrected chi connectivity index (χ0v) is 19.5. The van der Waals surface area contributed by atoms with Gasteiger partial charge in [-0.15, -0.1) is 0 Å². The Kier molecular flexibility index (Phi) is 5.80. The van der Waals surface area contributed by atoms with Crippen molar-refractivity contribution in [2.24, 2.45) is 5.73 Å². The second-order valence-corrected chi connectivity index (χ2v) is 10.6. The molecule has 3 rings (SSSR count). The Bertz CT molecular complexity index is 1230. The van der Waals surface area contributed by atoms with Gasteiger partial charge in [0.2, 0.25) is 5.91 Å². The number of amides is 2. The van der Waals surface area contributed by atoms with Crippen LogP contribution in [0, 0.1) is 11.3 Å². The fourth-order valence-corrected chi connectivity index (χ4v) is 4.89. The third kappa shape index (κ3) is 4.73. The molecule has 0 bridgehead atoms. The molecule has 16 heteroatoms. The molecule has 3 N–H and O–H groups in total. The van der Waals surface area contributed by atoms with Gasteiger partial charge in [-0.05, 0) is 31.9 Å². The molecule has 1 aliphatic rings. The fourth-order valence-electron chi connectivity index (χ4n) is 3.43. The summed E-state index contributed by atoms with van der Waals surface area (Å²) >= 11 is 11.9. The first-order valence-electron chi connectivity index (χ1n) is 9.41. The Morgan fingerprint density at radius 1 is 1.26 bits per heavy atom. The topological polar surface area (TPSA) is 123 Å². The van der Waals surface area contributed by atoms with E-state index >= 15 is 0 Å². The Labute approximate surface area is 199 Å². The Morgan fingerprint density at radius 3 is 2.24 bits per heavy atom. The van der Waals surface area contributed by atoms with Crippen LogP contribution in [0.1, 0.15) is 36.7 Å². The quantitative estimate of drug-likeness (QED) is 0.445. The fraction of sp³-hybridized carbons (Fsp3) is 0.333. The van der Waals surface area contributed by atoms with E-state index in [0.29, 0.717) is 0 Å². The summed E-state index contributed by atoms with van der Waals surface area (Å²) in [6.07, 6.45) is -0.420. The van der Waals surface area contributed by atoms with Gasteiger partial charge < -0.3 is 15.8 Å². The monoisotopic (exact) mass is 547 g/mol. The maximum atomic E-state index is 13.3. The van der Waals surface area contributed by atoms with Crippen molar-refractivity contribution >= 4 is 45.4 Å². The van der Waals surface area contributed by atoms with Crippen molar-refractivity contribution in [2.45, 2.75) is 36.6 Å². The van der Waals surface area contributed by atoms with Gasteiger partial charge in [0.1, 0.15) is 16.7 Å². The molecule has 0 radical (unpaired) electrons. The van der Waals surface area contributed by atoms with Crippen LogP contribution < -0.4 is 11.1 Å². The zero-order valence-electron chi connectivity index (χ0n) is 17.2. The van der Waals surface area contributed by atoms with E-state index < -0.39 is 54.8 Å². The lowest BCUT2D eigenvalue weighted by atomic mass is 9.92. The van der Waals surface area contributed by atoms with Crippen LogP contribution in [0.5, 0.6) is 0 Å². The summed E-state index contributed by atoms with van der Waals surface area (Å²) in [6.45, 7) is 1.11. The second-order valence-electron chi connectivity index (χ2n) is 7.42. The number of hydrogen-bond acceptors (Lipinski definition) is 5. The molecule has 34 heavy (non-hydrogen) atoms. The molecule has 1 saturated carbocycles. The normalized spacial score (nSPS) is 16.7. The number of aromatic nitrogens is 2. The molecule has 0 spiro atoms. The van der Waals surface area contributed by atoms with E-state index in [2.05, 4.69) is 10.4 Å². The lowest BCUT2D eigenvalue weighted by Crippen LogP contribution is -2.32. The average molecular weight is 548 g/mol. The standard InChI is InChI=1S/C18H16Cl2F5N5O3S/c1-2-33-17(32)28-8-13-14(18(3-4-18)16(27)31)12(7-26)29-30(13)15-10(19)5-9(6-11(15)20)34(21,22,23,24)25/h5-6H,2-4,8H2,1H3,(H2,27,31)(H,28,32). The second kappa shape index (κ2) is 7.62. The van der Waals surface area contributed by atoms with Gasteiger partial charge in [-0.2, -0.15) is 10.4 Å². The van der Waals surface area contributed by atoms with Gasteiger partial charge in [0.25, 0.3) is 0 Å². The summed E-state index contributed by atoms with van der Waals surface area (Å²) in [5, 5.41) is 14.2. The molecule has 1 fully saturated rings. The molecule has 1 aromatic heterocycles. The average Bonchev–Trinajstić information content (AvgIpc) is 3.41. The number of nitrogens with one attached hydrogen (secondary N) is 1. The number of primary amides is 1. The van der Waals surface area contributed by atoms with Gasteiger partial charge >= 0.3 is 16.3 Å². The highest BCUT2D eigenvalue weighted by atomic mass is 35.5. The predicted molar refractivity (Wildman–Crippen MR) is 114 cm³/mol. The van der Waals surface area contributed by atoms with Gasteiger partial charge in [0, 0.05) is 5.56 Å². The SMILES string of the molecule is CCOC(=O)NCc1c(C2(C(N)=O)CC2)c(C#N)nn1-c1c(Cl)cc(S(F)(F)(F)(F)F)cc1Cl. The molecule has 2 amide bonds. The van der Waals surface area contributed by atoms with Crippen molar-refractivity contribution in [3.05, 3.63) is 39.1 Å². The van der Waals surface area contributed by atoms with Crippen molar-refractivity contribution in [1.29, 1.82) is 5.26 Å². The predicted octanol–water partition coefficient (Wildman–Crippen LogP) is 5.47. The summed E-state index contributed by atoms with van der Waals surface area (Å²) in [5.74, 6) is -0.797. The number of hydrogen-bond donors (Lipinski definition) is 2. The first-order valence-corrected chi connectivity index (χ1v) is 12.1. The molecule has 2 aromatic rings. The number of nitrogens with two attached hydrogens (primary N) is 1. The minimum atomic E-state index is -10.1. The van der Waals surface area contributed by atoms with E-state index in [4.69, 9.17) is 33.7 Å². The van der Waals surface area contributed by atoms with Crippen LogP contribution in [0.15, 0.2) is 17.0 Å². The van der Waals surface area contributed by atoms with Gasteiger partial charge in [0.05, 0.1) is 34.3 Å². The number of alkyl carbamates (subject to hydrolysis) is 1. The molecule has 0 aliphatic heterocycles. The minimum Gasteiger partial charge on any atom is -0.450 e. The summed E-state index contributed by atoms with van der Waals surface area (Å²) in [5.41, 5.74) is 3.33. The van der Waals surface area contributed by atoms with Crippen LogP contribution in [-0.4, -0.2) is 28.4 Å². The summed E-state index contributed by atoms with van der Waals surface area (Å²) in [7, 11) is -10.1. The van der Waals surface area contributed by atoms with Crippen LogP contribution in [0.3, 0.4) is 0 Å². The zero-order chi connectivity index (χ0) is 25.8. The van der Waals surface area contributed by atoms with E-state index in [0.717, 1.165) is 4.68 Å². The van der Waals surface area contributed by atoms with E-state index in [1.165, 1.54) is 6.92 Å². The number of benzene rings is 1. The number of carbonyl (C=O) groups excluding carboxylic acids is 2. The minimum absolute atomic E-state index is 0.0126. The molecule has 1 aromatic carbocycles. The lowest BCUT2D eigenvalue weighted by molar-refractivity contribution is -0.120. The van der Waals surface area contributed by atoms with E-state index in [1.807, 2.05) is 0 Å². The molecule has 186 valence electrons. The number of carbonyl (C=O) groups is 2. The largest absolute Gasteiger partial charge is 0.450 e. The van der Waals surface area contributed by atoms with Gasteiger partial charge in [0.15, 0.2) is 5.69 Å². The molecule has 1 heterocycles. The van der Waals surface area contributed by atoms with E-state index in [-0.39, 0.29) is 48.5 Å². The van der Waals surface area contributed by atoms with Crippen molar-refractivity contribution < 1.29 is 33.8 Å². The highest BCUT2D eigenvalue weighted by molar-refractivity contribution is 8.45. The third-order valence-corrected chi connectivity index (χ3v) is 6.81. The molecule has 0 saturated heterocycles. The number of ether oxygens (including phenoxy) is 1. The van der Waals surface area contributed by atoms with Crippen molar-refractivity contribution in [3.8, 4) is 11.8 Å². The summed E-state index contributed by atoms with van der Waals surface area (Å²) < 4.78 is 72.0. The first-order chi connectivity index (χ1) is 15.4. The smallest absolute Gasteiger partial charge is 0.407 e. The molecular formula is C18H16Cl2F5N5O3S. The summed E-state index contributed by atoms with van der Waals surface area (Å²) in [4.78, 5) is 21.7. The molecule has 1 aliphatic carbocycles. The van der Waals surface area contributed by atoms with Crippen molar-refractivity contribution in [1.82, 2.24) is 15.1 Å². The van der Waals surface area contributed by atoms with Gasteiger partial charge in [-0.3, -0.25) is 4.79 Å². The van der Waals surface area contributed by atoms with Crippen LogP contribution in [0.4, 0.5) is 24.2 Å². The number of halogens is 7. The van der Waals surface area contributed by atoms with E-state index in [1.54, 1.807) is 6.07 Å². The third-order valence-electron chi connectivity index (χ3n) is 5.11. The van der Waals surface area contributed by atoms with Crippen LogP contribution in [-0.2, 0) is 21.5 Å². The summed E-state index contributed by atoms with van der Waals surface area (Å²) in [6, 6.07) is 1.74. The van der Waals surface area contributed by atoms with Crippen molar-refractivity contribution in [3.63, 3.8) is 0 Å². The Balaban J connectivity index is 2.27. The molecule has 8 nitrogen and oxygen atoms in total. The molecule has 0 unspecified atom stereocenters. The number of nitriles is 1. The van der Waals surface area contributed by atoms with Gasteiger partial charge in [-0.25, -0.2) is 9.48 Å². The van der Waals surface area contributed by atoms with Gasteiger partial charge in [-0.1, -0.05) is 42.6 Å². The first kappa shape index (κ1) is 25.9. The highest BCUT2D eigenvalue weighted by Gasteiger charge is 2.65. The Hall–Kier alpha value is -2.76. The Morgan fingerprint density at radius 2 is 1.82 bits per heavy atom. The molecule has 0 atom stereocenters. The highest BCUT2D eigenvalue weighted by Crippen LogP contribution is 3.02. The maximum Gasteiger partial charge on any atom is 0.407 e. The van der Waals surface area contributed by atoms with Crippen molar-refractivity contribution in [2.75, 3.05) is 6.61 Å². The van der Waals surface area contributed by atoms with E-state index in [9.17, 15) is 34.3 Å². The molecular weight excluding hydrogens is 532 g/mol.